The number of nitrogens with zero attached hydrogens (tertiary/aromatic N) is 7. The van der Waals surface area contributed by atoms with Crippen LogP contribution in [-0.4, -0.2) is 24.3 Å². The van der Waals surface area contributed by atoms with Gasteiger partial charge in [0.05, 0.1) is 11.1 Å². The Balaban J connectivity index is 2.26. The van der Waals surface area contributed by atoms with Gasteiger partial charge in [0.25, 0.3) is 0 Å². The molecule has 3 rings (SSSR count). The molecular weight excluding hydrogens is 404 g/mol. The molecule has 2 aromatic heterocycles. The maximum Gasteiger partial charge on any atom is 0.416 e. The molecule has 0 aliphatic rings. The third kappa shape index (κ3) is 3.50. The largest absolute Gasteiger partial charge is 0.416 e. The van der Waals surface area contributed by atoms with E-state index in [2.05, 4.69) is 15.1 Å². The number of hydrogen-bond acceptors (Lipinski definition) is 5. The molecule has 2 heterocycles. The number of imidazole rings is 1. The minimum absolute atomic E-state index is 0.00739. The molecule has 0 radical (unpaired) electrons. The highest BCUT2D eigenvalue weighted by molar-refractivity contribution is 5.60. The van der Waals surface area contributed by atoms with Crippen molar-refractivity contribution in [1.29, 1.82) is 10.5 Å². The average Bonchev–Trinajstić information content (AvgIpc) is 3.23. The van der Waals surface area contributed by atoms with E-state index in [0.29, 0.717) is 12.1 Å². The molecule has 13 heteroatoms. The summed E-state index contributed by atoms with van der Waals surface area (Å²) in [4.78, 5) is 7.60. The number of halogens is 6. The lowest BCUT2D eigenvalue weighted by molar-refractivity contribution is -0.143. The second-order valence-corrected chi connectivity index (χ2v) is 5.68. The predicted octanol–water partition coefficient (Wildman–Crippen LogP) is 3.45. The summed E-state index contributed by atoms with van der Waals surface area (Å²) in [5, 5.41) is 21.9. The van der Waals surface area contributed by atoms with E-state index in [-0.39, 0.29) is 29.2 Å². The Morgan fingerprint density at radius 2 is 1.52 bits per heavy atom. The molecule has 0 amide bonds. The number of rotatable bonds is 2. The molecule has 3 aromatic rings. The van der Waals surface area contributed by atoms with Gasteiger partial charge in [-0.25, -0.2) is 4.98 Å². The van der Waals surface area contributed by atoms with Crippen LogP contribution < -0.4 is 0 Å². The molecule has 1 aromatic carbocycles. The monoisotopic (exact) mass is 411 g/mol. The summed E-state index contributed by atoms with van der Waals surface area (Å²) >= 11 is 0. The Hall–Kier alpha value is -3.87. The van der Waals surface area contributed by atoms with Crippen LogP contribution in [0.3, 0.4) is 0 Å². The van der Waals surface area contributed by atoms with Gasteiger partial charge in [-0.15, -0.1) is 0 Å². The second kappa shape index (κ2) is 6.63. The van der Waals surface area contributed by atoms with E-state index in [0.717, 1.165) is 15.6 Å². The minimum Gasteiger partial charge on any atom is -0.302 e. The fourth-order valence-corrected chi connectivity index (χ4v) is 2.55. The zero-order valence-electron chi connectivity index (χ0n) is 14.2. The van der Waals surface area contributed by atoms with Crippen LogP contribution in [-0.2, 0) is 19.4 Å². The standard InChI is InChI=1S/C16H7F6N7/c1-28-12(6-24)11(5-23)27-14(28)29-13(25-7-26-29)8-2-9(15(17,18)19)4-10(3-8)16(20,21)22/h2-4,7H,1H3. The van der Waals surface area contributed by atoms with E-state index in [1.165, 1.54) is 7.05 Å². The van der Waals surface area contributed by atoms with Crippen molar-refractivity contribution in [3.8, 4) is 29.5 Å². The molecule has 29 heavy (non-hydrogen) atoms. The molecule has 0 bridgehead atoms. The van der Waals surface area contributed by atoms with Crippen molar-refractivity contribution in [2.45, 2.75) is 12.4 Å². The van der Waals surface area contributed by atoms with Crippen molar-refractivity contribution in [1.82, 2.24) is 24.3 Å². The Bertz CT molecular complexity index is 1140. The van der Waals surface area contributed by atoms with Gasteiger partial charge in [-0.2, -0.15) is 51.6 Å². The molecule has 0 spiro atoms. The van der Waals surface area contributed by atoms with Gasteiger partial charge in [0, 0.05) is 12.6 Å². The van der Waals surface area contributed by atoms with Crippen LogP contribution in [0.1, 0.15) is 22.5 Å². The van der Waals surface area contributed by atoms with Crippen LogP contribution in [0.2, 0.25) is 0 Å². The van der Waals surface area contributed by atoms with E-state index in [1.54, 1.807) is 12.1 Å². The van der Waals surface area contributed by atoms with Gasteiger partial charge >= 0.3 is 12.4 Å². The van der Waals surface area contributed by atoms with Gasteiger partial charge in [-0.1, -0.05) is 0 Å². The molecule has 0 atom stereocenters. The van der Waals surface area contributed by atoms with Crippen molar-refractivity contribution in [3.63, 3.8) is 0 Å². The summed E-state index contributed by atoms with van der Waals surface area (Å²) in [6.07, 6.45) is -9.17. The molecule has 0 saturated carbocycles. The van der Waals surface area contributed by atoms with Crippen LogP contribution in [0.25, 0.3) is 17.3 Å². The zero-order valence-corrected chi connectivity index (χ0v) is 14.2. The lowest BCUT2D eigenvalue weighted by Crippen LogP contribution is -2.12. The first-order valence-electron chi connectivity index (χ1n) is 7.54. The van der Waals surface area contributed by atoms with Crippen molar-refractivity contribution in [3.05, 3.63) is 47.0 Å². The first-order chi connectivity index (χ1) is 13.5. The molecule has 0 saturated heterocycles. The Kier molecular flexibility index (Phi) is 4.54. The molecule has 0 aliphatic carbocycles. The molecule has 0 N–H and O–H groups in total. The Morgan fingerprint density at radius 3 is 1.97 bits per heavy atom. The second-order valence-electron chi connectivity index (χ2n) is 5.68. The highest BCUT2D eigenvalue weighted by atomic mass is 19.4. The third-order valence-corrected chi connectivity index (χ3v) is 3.87. The van der Waals surface area contributed by atoms with E-state index in [4.69, 9.17) is 10.5 Å². The normalized spacial score (nSPS) is 11.9. The van der Waals surface area contributed by atoms with E-state index >= 15 is 0 Å². The summed E-state index contributed by atoms with van der Waals surface area (Å²) in [6.45, 7) is 0. The zero-order chi connectivity index (χ0) is 21.6. The summed E-state index contributed by atoms with van der Waals surface area (Å²) < 4.78 is 80.7. The van der Waals surface area contributed by atoms with Crippen molar-refractivity contribution in [2.75, 3.05) is 0 Å². The summed E-state index contributed by atoms with van der Waals surface area (Å²) in [5.41, 5.74) is -4.01. The molecule has 7 nitrogen and oxygen atoms in total. The van der Waals surface area contributed by atoms with Crippen LogP contribution >= 0.6 is 0 Å². The molecule has 148 valence electrons. The van der Waals surface area contributed by atoms with Crippen LogP contribution in [0.5, 0.6) is 0 Å². The van der Waals surface area contributed by atoms with Crippen LogP contribution in [0, 0.1) is 22.7 Å². The maximum atomic E-state index is 13.1. The quantitative estimate of drug-likeness (QED) is 0.602. The van der Waals surface area contributed by atoms with E-state index in [1.807, 2.05) is 0 Å². The lowest BCUT2D eigenvalue weighted by atomic mass is 10.0. The van der Waals surface area contributed by atoms with Crippen molar-refractivity contribution < 1.29 is 26.3 Å². The molecule has 0 aliphatic heterocycles. The average molecular weight is 411 g/mol. The molecule has 0 unspecified atom stereocenters. The molecular formula is C16H7F6N7. The fraction of sp³-hybridized carbons (Fsp3) is 0.188. The number of nitriles is 2. The first kappa shape index (κ1) is 19.9. The van der Waals surface area contributed by atoms with Crippen molar-refractivity contribution in [2.24, 2.45) is 7.05 Å². The van der Waals surface area contributed by atoms with E-state index in [9.17, 15) is 26.3 Å². The van der Waals surface area contributed by atoms with Gasteiger partial charge in [-0.05, 0) is 18.2 Å². The highest BCUT2D eigenvalue weighted by Gasteiger charge is 2.37. The van der Waals surface area contributed by atoms with Crippen molar-refractivity contribution >= 4 is 0 Å². The van der Waals surface area contributed by atoms with Gasteiger partial charge in [0.2, 0.25) is 5.95 Å². The number of alkyl halides is 6. The fourth-order valence-electron chi connectivity index (χ4n) is 2.55. The number of aromatic nitrogens is 5. The Morgan fingerprint density at radius 1 is 0.931 bits per heavy atom. The van der Waals surface area contributed by atoms with Crippen LogP contribution in [0.4, 0.5) is 26.3 Å². The third-order valence-electron chi connectivity index (χ3n) is 3.87. The predicted molar refractivity (Wildman–Crippen MR) is 83.0 cm³/mol. The summed E-state index contributed by atoms with van der Waals surface area (Å²) in [7, 11) is 1.33. The minimum atomic E-state index is -5.04. The van der Waals surface area contributed by atoms with Gasteiger partial charge < -0.3 is 4.57 Å². The summed E-state index contributed by atoms with van der Waals surface area (Å²) in [5.74, 6) is -0.569. The van der Waals surface area contributed by atoms with E-state index < -0.39 is 29.0 Å². The molecule has 0 fully saturated rings. The van der Waals surface area contributed by atoms with Crippen LogP contribution in [0.15, 0.2) is 24.5 Å². The van der Waals surface area contributed by atoms with Gasteiger partial charge in [0.15, 0.2) is 17.2 Å². The first-order valence-corrected chi connectivity index (χ1v) is 7.54. The summed E-state index contributed by atoms with van der Waals surface area (Å²) in [6, 6.07) is 4.39. The van der Waals surface area contributed by atoms with Gasteiger partial charge in [-0.3, -0.25) is 0 Å². The highest BCUT2D eigenvalue weighted by Crippen LogP contribution is 2.38. The number of benzene rings is 1. The number of hydrogen-bond donors (Lipinski definition) is 0. The topological polar surface area (TPSA) is 96.1 Å². The Labute approximate surface area is 158 Å². The maximum absolute atomic E-state index is 13.1. The van der Waals surface area contributed by atoms with Gasteiger partial charge in [0.1, 0.15) is 18.5 Å². The lowest BCUT2D eigenvalue weighted by Gasteiger charge is -2.14. The smallest absolute Gasteiger partial charge is 0.302 e. The SMILES string of the molecule is Cn1c(-n2ncnc2-c2cc(C(F)(F)F)cc(C(F)(F)F)c2)nc(C#N)c1C#N.